The zero-order valence-corrected chi connectivity index (χ0v) is 10.2. The van der Waals surface area contributed by atoms with E-state index in [0.717, 1.165) is 0 Å². The normalized spacial score (nSPS) is 11.6. The van der Waals surface area contributed by atoms with Crippen LogP contribution in [0.15, 0.2) is 24.3 Å². The van der Waals surface area contributed by atoms with Gasteiger partial charge in [-0.1, -0.05) is 19.9 Å². The lowest BCUT2D eigenvalue weighted by Gasteiger charge is -2.26. The molecule has 0 aromatic heterocycles. The minimum Gasteiger partial charge on any atom is -0.508 e. The predicted octanol–water partition coefficient (Wildman–Crippen LogP) is 2.98. The van der Waals surface area contributed by atoms with Gasteiger partial charge >= 0.3 is 5.97 Å². The van der Waals surface area contributed by atoms with Gasteiger partial charge in [0, 0.05) is 6.07 Å². The summed E-state index contributed by atoms with van der Waals surface area (Å²) in [5.74, 6) is 0.372. The van der Waals surface area contributed by atoms with Crippen molar-refractivity contribution in [2.24, 2.45) is 11.3 Å². The number of esters is 1. The van der Waals surface area contributed by atoms with Gasteiger partial charge in [0.05, 0.1) is 5.41 Å². The van der Waals surface area contributed by atoms with Gasteiger partial charge in [-0.15, -0.1) is 0 Å². The Kier molecular flexibility index (Phi) is 3.58. The zero-order chi connectivity index (χ0) is 12.3. The number of hydrogen-bond donors (Lipinski definition) is 1. The summed E-state index contributed by atoms with van der Waals surface area (Å²) < 4.78 is 5.22. The minimum atomic E-state index is -0.536. The van der Waals surface area contributed by atoms with Gasteiger partial charge in [0.1, 0.15) is 11.5 Å². The average Bonchev–Trinajstić information content (AvgIpc) is 2.17. The lowest BCUT2D eigenvalue weighted by molar-refractivity contribution is -0.146. The van der Waals surface area contributed by atoms with Gasteiger partial charge in [0.15, 0.2) is 0 Å². The summed E-state index contributed by atoms with van der Waals surface area (Å²) in [6, 6.07) is 6.24. The lowest BCUT2D eigenvalue weighted by Crippen LogP contribution is -2.33. The molecule has 0 heterocycles. The summed E-state index contributed by atoms with van der Waals surface area (Å²) in [5.41, 5.74) is -0.536. The zero-order valence-electron chi connectivity index (χ0n) is 10.2. The van der Waals surface area contributed by atoms with E-state index in [0.29, 0.717) is 5.75 Å². The van der Waals surface area contributed by atoms with Gasteiger partial charge < -0.3 is 9.84 Å². The van der Waals surface area contributed by atoms with Crippen molar-refractivity contribution >= 4 is 5.97 Å². The van der Waals surface area contributed by atoms with Gasteiger partial charge in [-0.05, 0) is 31.9 Å². The molecule has 3 nitrogen and oxygen atoms in total. The minimum absolute atomic E-state index is 0.0904. The third-order valence-electron chi connectivity index (χ3n) is 3.00. The maximum Gasteiger partial charge on any atom is 0.317 e. The molecule has 0 fully saturated rings. The van der Waals surface area contributed by atoms with Crippen molar-refractivity contribution in [1.82, 2.24) is 0 Å². The molecule has 0 saturated carbocycles. The monoisotopic (exact) mass is 222 g/mol. The van der Waals surface area contributed by atoms with E-state index in [1.807, 2.05) is 27.7 Å². The third kappa shape index (κ3) is 2.75. The highest BCUT2D eigenvalue weighted by Gasteiger charge is 2.33. The van der Waals surface area contributed by atoms with E-state index in [1.165, 1.54) is 12.1 Å². The number of carbonyl (C=O) groups excluding carboxylic acids is 1. The van der Waals surface area contributed by atoms with E-state index in [2.05, 4.69) is 0 Å². The van der Waals surface area contributed by atoms with E-state index in [9.17, 15) is 9.90 Å². The van der Waals surface area contributed by atoms with Crippen LogP contribution in [0.5, 0.6) is 11.5 Å². The molecule has 1 aromatic carbocycles. The van der Waals surface area contributed by atoms with E-state index in [4.69, 9.17) is 4.74 Å². The second kappa shape index (κ2) is 4.56. The first kappa shape index (κ1) is 12.6. The first-order chi connectivity index (χ1) is 7.34. The smallest absolute Gasteiger partial charge is 0.317 e. The van der Waals surface area contributed by atoms with Crippen molar-refractivity contribution in [2.75, 3.05) is 0 Å². The standard InChI is InChI=1S/C13H18O3/c1-9(2)13(3,4)12(15)16-11-7-5-6-10(14)8-11/h5-9,14H,1-4H3. The molecule has 0 aliphatic carbocycles. The van der Waals surface area contributed by atoms with Gasteiger partial charge in [0.2, 0.25) is 0 Å². The molecule has 16 heavy (non-hydrogen) atoms. The van der Waals surface area contributed by atoms with Crippen LogP contribution < -0.4 is 4.74 Å². The highest BCUT2D eigenvalue weighted by Crippen LogP contribution is 2.29. The largest absolute Gasteiger partial charge is 0.508 e. The van der Waals surface area contributed by atoms with E-state index in [-0.39, 0.29) is 17.6 Å². The van der Waals surface area contributed by atoms with E-state index >= 15 is 0 Å². The quantitative estimate of drug-likeness (QED) is 0.631. The summed E-state index contributed by atoms with van der Waals surface area (Å²) in [6.45, 7) is 7.65. The Morgan fingerprint density at radius 3 is 2.50 bits per heavy atom. The summed E-state index contributed by atoms with van der Waals surface area (Å²) >= 11 is 0. The maximum absolute atomic E-state index is 11.9. The molecule has 0 radical (unpaired) electrons. The number of aromatic hydroxyl groups is 1. The highest BCUT2D eigenvalue weighted by molar-refractivity contribution is 5.78. The van der Waals surface area contributed by atoms with Crippen LogP contribution in [0.4, 0.5) is 0 Å². The highest BCUT2D eigenvalue weighted by atomic mass is 16.5. The molecule has 0 bridgehead atoms. The molecule has 3 heteroatoms. The molecule has 0 aliphatic heterocycles. The van der Waals surface area contributed by atoms with Crippen molar-refractivity contribution < 1.29 is 14.6 Å². The second-order valence-electron chi connectivity index (χ2n) is 4.76. The fourth-order valence-corrected chi connectivity index (χ4v) is 1.02. The number of hydrogen-bond acceptors (Lipinski definition) is 3. The number of rotatable bonds is 3. The summed E-state index contributed by atoms with van der Waals surface area (Å²) in [6.07, 6.45) is 0. The van der Waals surface area contributed by atoms with Crippen molar-refractivity contribution in [3.8, 4) is 11.5 Å². The predicted molar refractivity (Wildman–Crippen MR) is 62.4 cm³/mol. The Balaban J connectivity index is 2.79. The van der Waals surface area contributed by atoms with Crippen LogP contribution in [-0.2, 0) is 4.79 Å². The topological polar surface area (TPSA) is 46.5 Å². The van der Waals surface area contributed by atoms with Gasteiger partial charge in [0.25, 0.3) is 0 Å². The number of carbonyl (C=O) groups is 1. The molecule has 1 N–H and O–H groups in total. The molecule has 88 valence electrons. The molecule has 0 saturated heterocycles. The number of phenols is 1. The fraction of sp³-hybridized carbons (Fsp3) is 0.462. The Bertz CT molecular complexity index is 381. The lowest BCUT2D eigenvalue weighted by atomic mass is 9.81. The third-order valence-corrected chi connectivity index (χ3v) is 3.00. The van der Waals surface area contributed by atoms with Crippen LogP contribution in [0.3, 0.4) is 0 Å². The molecule has 0 aliphatic rings. The van der Waals surface area contributed by atoms with Gasteiger partial charge in [-0.2, -0.15) is 0 Å². The van der Waals surface area contributed by atoms with E-state index < -0.39 is 5.41 Å². The van der Waals surface area contributed by atoms with Crippen LogP contribution in [-0.4, -0.2) is 11.1 Å². The Morgan fingerprint density at radius 2 is 2.00 bits per heavy atom. The Hall–Kier alpha value is -1.51. The first-order valence-electron chi connectivity index (χ1n) is 5.35. The van der Waals surface area contributed by atoms with Crippen molar-refractivity contribution in [1.29, 1.82) is 0 Å². The molecule has 0 unspecified atom stereocenters. The maximum atomic E-state index is 11.9. The first-order valence-corrected chi connectivity index (χ1v) is 5.35. The van der Waals surface area contributed by atoms with Crippen LogP contribution in [0.25, 0.3) is 0 Å². The van der Waals surface area contributed by atoms with Crippen LogP contribution >= 0.6 is 0 Å². The number of benzene rings is 1. The second-order valence-corrected chi connectivity index (χ2v) is 4.76. The summed E-state index contributed by atoms with van der Waals surface area (Å²) in [4.78, 5) is 11.9. The molecular weight excluding hydrogens is 204 g/mol. The molecule has 0 spiro atoms. The van der Waals surface area contributed by atoms with Crippen LogP contribution in [0.1, 0.15) is 27.7 Å². The molecule has 0 amide bonds. The number of phenolic OH excluding ortho intramolecular Hbond substituents is 1. The van der Waals surface area contributed by atoms with Crippen molar-refractivity contribution in [2.45, 2.75) is 27.7 Å². The molecular formula is C13H18O3. The van der Waals surface area contributed by atoms with Gasteiger partial charge in [-0.3, -0.25) is 4.79 Å². The molecule has 0 atom stereocenters. The average molecular weight is 222 g/mol. The number of ether oxygens (including phenoxy) is 1. The summed E-state index contributed by atoms with van der Waals surface area (Å²) in [5, 5.41) is 9.25. The summed E-state index contributed by atoms with van der Waals surface area (Å²) in [7, 11) is 0. The van der Waals surface area contributed by atoms with Crippen LogP contribution in [0.2, 0.25) is 0 Å². The molecule has 1 aromatic rings. The van der Waals surface area contributed by atoms with E-state index in [1.54, 1.807) is 12.1 Å². The Morgan fingerprint density at radius 1 is 1.38 bits per heavy atom. The Labute approximate surface area is 96.1 Å². The van der Waals surface area contributed by atoms with Crippen molar-refractivity contribution in [3.63, 3.8) is 0 Å². The fourth-order valence-electron chi connectivity index (χ4n) is 1.02. The van der Waals surface area contributed by atoms with Gasteiger partial charge in [-0.25, -0.2) is 0 Å². The molecule has 1 rings (SSSR count). The van der Waals surface area contributed by atoms with Crippen molar-refractivity contribution in [3.05, 3.63) is 24.3 Å². The SMILES string of the molecule is CC(C)C(C)(C)C(=O)Oc1cccc(O)c1. The van der Waals surface area contributed by atoms with Crippen LogP contribution in [0, 0.1) is 11.3 Å².